The van der Waals surface area contributed by atoms with Crippen LogP contribution >= 0.6 is 0 Å². The van der Waals surface area contributed by atoms with Gasteiger partial charge in [-0.1, -0.05) is 18.2 Å². The van der Waals surface area contributed by atoms with Gasteiger partial charge in [-0.25, -0.2) is 0 Å². The molecule has 1 saturated heterocycles. The predicted molar refractivity (Wildman–Crippen MR) is 70.3 cm³/mol. The number of nitrogens with one attached hydrogen (secondary N) is 2. The molecule has 0 amide bonds. The molecule has 1 atom stereocenters. The minimum absolute atomic E-state index is 0.222. The molecule has 2 rings (SSSR count). The maximum atomic E-state index is 5.63. The van der Waals surface area contributed by atoms with Crippen LogP contribution in [0.5, 0.6) is 5.75 Å². The van der Waals surface area contributed by atoms with Crippen molar-refractivity contribution in [1.29, 1.82) is 0 Å². The number of hydrogen-bond acceptors (Lipinski definition) is 3. The van der Waals surface area contributed by atoms with Crippen LogP contribution in [-0.2, 0) is 6.54 Å². The molecule has 1 fully saturated rings. The van der Waals surface area contributed by atoms with E-state index >= 15 is 0 Å². The van der Waals surface area contributed by atoms with Gasteiger partial charge in [0, 0.05) is 24.2 Å². The second-order valence-corrected chi connectivity index (χ2v) is 4.88. The van der Waals surface area contributed by atoms with Gasteiger partial charge in [0.1, 0.15) is 5.75 Å². The molecule has 1 heterocycles. The number of hydrogen-bond donors (Lipinski definition) is 2. The van der Waals surface area contributed by atoms with Crippen LogP contribution < -0.4 is 15.4 Å². The molecule has 0 bridgehead atoms. The lowest BCUT2D eigenvalue weighted by molar-refractivity contribution is 0.329. The van der Waals surface area contributed by atoms with Crippen LogP contribution in [0.15, 0.2) is 24.3 Å². The summed E-state index contributed by atoms with van der Waals surface area (Å²) < 4.78 is 5.63. The molecule has 17 heavy (non-hydrogen) atoms. The molecule has 1 unspecified atom stereocenters. The van der Waals surface area contributed by atoms with E-state index in [4.69, 9.17) is 4.74 Å². The van der Waals surface area contributed by atoms with E-state index in [9.17, 15) is 0 Å². The molecule has 3 nitrogen and oxygen atoms in total. The van der Waals surface area contributed by atoms with Crippen LogP contribution in [0.3, 0.4) is 0 Å². The van der Waals surface area contributed by atoms with E-state index in [-0.39, 0.29) is 5.54 Å². The Balaban J connectivity index is 1.98. The predicted octanol–water partition coefficient (Wildman–Crippen LogP) is 1.93. The summed E-state index contributed by atoms with van der Waals surface area (Å²) in [5.74, 6) is 0.997. The Hall–Kier alpha value is -1.06. The van der Waals surface area contributed by atoms with E-state index in [1.54, 1.807) is 0 Å². The normalized spacial score (nSPS) is 23.9. The molecule has 1 aliphatic rings. The van der Waals surface area contributed by atoms with E-state index < -0.39 is 0 Å². The van der Waals surface area contributed by atoms with Gasteiger partial charge < -0.3 is 15.4 Å². The summed E-state index contributed by atoms with van der Waals surface area (Å²) in [4.78, 5) is 0. The molecule has 1 aromatic carbocycles. The fourth-order valence-corrected chi connectivity index (χ4v) is 2.22. The molecule has 94 valence electrons. The van der Waals surface area contributed by atoms with E-state index in [1.165, 1.54) is 12.0 Å². The van der Waals surface area contributed by atoms with E-state index in [2.05, 4.69) is 29.7 Å². The molecule has 0 aliphatic carbocycles. The average Bonchev–Trinajstić information content (AvgIpc) is 2.76. The van der Waals surface area contributed by atoms with Gasteiger partial charge in [-0.15, -0.1) is 0 Å². The lowest BCUT2D eigenvalue weighted by atomic mass is 10.0. The van der Waals surface area contributed by atoms with Gasteiger partial charge in [-0.3, -0.25) is 0 Å². The van der Waals surface area contributed by atoms with Gasteiger partial charge in [-0.05, 0) is 32.9 Å². The van der Waals surface area contributed by atoms with Crippen LogP contribution in [0.1, 0.15) is 25.8 Å². The van der Waals surface area contributed by atoms with Crippen LogP contribution in [0.4, 0.5) is 0 Å². The Kier molecular flexibility index (Phi) is 4.02. The van der Waals surface area contributed by atoms with Crippen LogP contribution in [0, 0.1) is 0 Å². The van der Waals surface area contributed by atoms with Crippen LogP contribution in [0.2, 0.25) is 0 Å². The third-order valence-corrected chi connectivity index (χ3v) is 3.35. The topological polar surface area (TPSA) is 33.3 Å². The highest BCUT2D eigenvalue weighted by Gasteiger charge is 2.27. The fraction of sp³-hybridized carbons (Fsp3) is 0.571. The van der Waals surface area contributed by atoms with Crippen molar-refractivity contribution < 1.29 is 4.74 Å². The minimum atomic E-state index is 0.222. The smallest absolute Gasteiger partial charge is 0.123 e. The molecular weight excluding hydrogens is 212 g/mol. The number of ether oxygens (including phenoxy) is 1. The molecule has 0 radical (unpaired) electrons. The van der Waals surface area contributed by atoms with Crippen LogP contribution in [0.25, 0.3) is 0 Å². The molecule has 0 aromatic heterocycles. The zero-order valence-electron chi connectivity index (χ0n) is 10.8. The van der Waals surface area contributed by atoms with Crippen molar-refractivity contribution in [2.45, 2.75) is 32.4 Å². The first kappa shape index (κ1) is 12.4. The monoisotopic (exact) mass is 234 g/mol. The van der Waals surface area contributed by atoms with Crippen LogP contribution in [-0.4, -0.2) is 25.2 Å². The van der Waals surface area contributed by atoms with Gasteiger partial charge in [-0.2, -0.15) is 0 Å². The third kappa shape index (κ3) is 3.20. The van der Waals surface area contributed by atoms with Crippen molar-refractivity contribution >= 4 is 0 Å². The number of rotatable bonds is 5. The summed E-state index contributed by atoms with van der Waals surface area (Å²) in [6, 6.07) is 8.25. The molecule has 3 heteroatoms. The van der Waals surface area contributed by atoms with Crippen molar-refractivity contribution in [2.24, 2.45) is 0 Å². The summed E-state index contributed by atoms with van der Waals surface area (Å²) >= 11 is 0. The fourth-order valence-electron chi connectivity index (χ4n) is 2.22. The van der Waals surface area contributed by atoms with Gasteiger partial charge in [0.05, 0.1) is 6.61 Å². The third-order valence-electron chi connectivity index (χ3n) is 3.35. The highest BCUT2D eigenvalue weighted by atomic mass is 16.5. The Morgan fingerprint density at radius 3 is 2.94 bits per heavy atom. The number of para-hydroxylation sites is 1. The molecule has 1 aliphatic heterocycles. The molecule has 0 saturated carbocycles. The van der Waals surface area contributed by atoms with Gasteiger partial charge >= 0.3 is 0 Å². The van der Waals surface area contributed by atoms with Crippen molar-refractivity contribution in [3.63, 3.8) is 0 Å². The maximum Gasteiger partial charge on any atom is 0.123 e. The Labute approximate surface area is 104 Å². The number of benzene rings is 1. The molecular formula is C14H22N2O. The van der Waals surface area contributed by atoms with Crippen molar-refractivity contribution in [2.75, 3.05) is 19.7 Å². The molecule has 1 aromatic rings. The molecule has 0 spiro atoms. The van der Waals surface area contributed by atoms with Crippen molar-refractivity contribution in [3.05, 3.63) is 29.8 Å². The van der Waals surface area contributed by atoms with E-state index in [1.807, 2.05) is 19.1 Å². The maximum absolute atomic E-state index is 5.63. The lowest BCUT2D eigenvalue weighted by Crippen LogP contribution is -2.43. The highest BCUT2D eigenvalue weighted by Crippen LogP contribution is 2.20. The Morgan fingerprint density at radius 1 is 1.41 bits per heavy atom. The van der Waals surface area contributed by atoms with Crippen molar-refractivity contribution in [3.8, 4) is 5.75 Å². The lowest BCUT2D eigenvalue weighted by Gasteiger charge is -2.25. The van der Waals surface area contributed by atoms with Gasteiger partial charge in [0.15, 0.2) is 0 Å². The van der Waals surface area contributed by atoms with Crippen molar-refractivity contribution in [1.82, 2.24) is 10.6 Å². The van der Waals surface area contributed by atoms with Gasteiger partial charge in [0.2, 0.25) is 0 Å². The summed E-state index contributed by atoms with van der Waals surface area (Å²) in [5, 5.41) is 7.03. The standard InChI is InChI=1S/C14H22N2O/c1-3-17-13-7-5-4-6-12(13)10-16-14(2)8-9-15-11-14/h4-7,15-16H,3,8-11H2,1-2H3. The summed E-state index contributed by atoms with van der Waals surface area (Å²) in [6.45, 7) is 8.04. The van der Waals surface area contributed by atoms with Gasteiger partial charge in [0.25, 0.3) is 0 Å². The van der Waals surface area contributed by atoms with E-state index in [0.29, 0.717) is 0 Å². The van der Waals surface area contributed by atoms with E-state index in [0.717, 1.165) is 32.0 Å². The quantitative estimate of drug-likeness (QED) is 0.816. The first-order valence-electron chi connectivity index (χ1n) is 6.40. The zero-order valence-corrected chi connectivity index (χ0v) is 10.8. The Morgan fingerprint density at radius 2 is 2.24 bits per heavy atom. The summed E-state index contributed by atoms with van der Waals surface area (Å²) in [5.41, 5.74) is 1.46. The summed E-state index contributed by atoms with van der Waals surface area (Å²) in [7, 11) is 0. The SMILES string of the molecule is CCOc1ccccc1CNC1(C)CCNC1. The average molecular weight is 234 g/mol. The highest BCUT2D eigenvalue weighted by molar-refractivity contribution is 5.33. The summed E-state index contributed by atoms with van der Waals surface area (Å²) in [6.07, 6.45) is 1.18. The second kappa shape index (κ2) is 5.52. The minimum Gasteiger partial charge on any atom is -0.494 e. The zero-order chi connectivity index (χ0) is 12.1. The Bertz CT molecular complexity index is 359. The first-order chi connectivity index (χ1) is 8.23. The molecule has 2 N–H and O–H groups in total. The largest absolute Gasteiger partial charge is 0.494 e. The second-order valence-electron chi connectivity index (χ2n) is 4.88. The first-order valence-corrected chi connectivity index (χ1v) is 6.40.